The second-order valence-electron chi connectivity index (χ2n) is 3.40. The third-order valence-electron chi connectivity index (χ3n) is 2.38. The lowest BCUT2D eigenvalue weighted by molar-refractivity contribution is 0.360. The lowest BCUT2D eigenvalue weighted by atomic mass is 9.93. The van der Waals surface area contributed by atoms with Crippen molar-refractivity contribution < 1.29 is 9.50 Å². The van der Waals surface area contributed by atoms with Crippen molar-refractivity contribution in [3.05, 3.63) is 47.5 Å². The van der Waals surface area contributed by atoms with Crippen LogP contribution in [0.2, 0.25) is 0 Å². The predicted molar refractivity (Wildman–Crippen MR) is 59.2 cm³/mol. The SMILES string of the molecule is C/C=C(\O)C(CCN)c1ccc(F)cc1. The summed E-state index contributed by atoms with van der Waals surface area (Å²) in [5.74, 6) is -0.113. The number of nitrogens with two attached hydrogens (primary N) is 1. The maximum absolute atomic E-state index is 12.7. The van der Waals surface area contributed by atoms with Gasteiger partial charge in [-0.05, 0) is 43.7 Å². The number of halogens is 1. The Morgan fingerprint density at radius 1 is 1.47 bits per heavy atom. The molecule has 3 heteroatoms. The lowest BCUT2D eigenvalue weighted by Crippen LogP contribution is -2.09. The van der Waals surface area contributed by atoms with Crippen LogP contribution in [0.1, 0.15) is 24.8 Å². The molecule has 0 spiro atoms. The van der Waals surface area contributed by atoms with Crippen LogP contribution in [-0.2, 0) is 0 Å². The van der Waals surface area contributed by atoms with Gasteiger partial charge in [-0.25, -0.2) is 4.39 Å². The first-order chi connectivity index (χ1) is 7.19. The molecule has 1 aromatic rings. The number of allylic oxidation sites excluding steroid dienone is 2. The lowest BCUT2D eigenvalue weighted by Gasteiger charge is -2.15. The van der Waals surface area contributed by atoms with E-state index in [4.69, 9.17) is 5.73 Å². The second-order valence-corrected chi connectivity index (χ2v) is 3.40. The van der Waals surface area contributed by atoms with Gasteiger partial charge in [0.15, 0.2) is 0 Å². The molecule has 15 heavy (non-hydrogen) atoms. The molecule has 1 aromatic carbocycles. The van der Waals surface area contributed by atoms with Crippen molar-refractivity contribution in [2.75, 3.05) is 6.54 Å². The molecule has 1 unspecified atom stereocenters. The van der Waals surface area contributed by atoms with Crippen molar-refractivity contribution >= 4 is 0 Å². The first kappa shape index (κ1) is 11.7. The van der Waals surface area contributed by atoms with Gasteiger partial charge in [0.2, 0.25) is 0 Å². The van der Waals surface area contributed by atoms with E-state index in [1.807, 2.05) is 0 Å². The quantitative estimate of drug-likeness (QED) is 0.749. The smallest absolute Gasteiger partial charge is 0.123 e. The van der Waals surface area contributed by atoms with Crippen LogP contribution in [0.3, 0.4) is 0 Å². The van der Waals surface area contributed by atoms with Gasteiger partial charge in [-0.1, -0.05) is 12.1 Å². The Hall–Kier alpha value is -1.35. The van der Waals surface area contributed by atoms with Crippen LogP contribution >= 0.6 is 0 Å². The van der Waals surface area contributed by atoms with Crippen molar-refractivity contribution in [2.45, 2.75) is 19.3 Å². The number of hydrogen-bond acceptors (Lipinski definition) is 2. The predicted octanol–water partition coefficient (Wildman–Crippen LogP) is 2.72. The Morgan fingerprint density at radius 2 is 2.07 bits per heavy atom. The molecule has 0 aliphatic carbocycles. The van der Waals surface area contributed by atoms with Crippen LogP contribution in [0.5, 0.6) is 0 Å². The van der Waals surface area contributed by atoms with E-state index in [-0.39, 0.29) is 17.5 Å². The Morgan fingerprint density at radius 3 is 2.53 bits per heavy atom. The number of hydrogen-bond donors (Lipinski definition) is 2. The average Bonchev–Trinajstić information content (AvgIpc) is 2.26. The standard InChI is InChI=1S/C12H16FNO/c1-2-12(15)11(7-8-14)9-3-5-10(13)6-4-9/h2-6,11,15H,7-8,14H2,1H3/b12-2-. The van der Waals surface area contributed by atoms with Gasteiger partial charge in [-0.2, -0.15) is 0 Å². The molecule has 0 fully saturated rings. The maximum Gasteiger partial charge on any atom is 0.123 e. The summed E-state index contributed by atoms with van der Waals surface area (Å²) in [6.07, 6.45) is 2.30. The highest BCUT2D eigenvalue weighted by molar-refractivity contribution is 5.26. The van der Waals surface area contributed by atoms with E-state index >= 15 is 0 Å². The van der Waals surface area contributed by atoms with Crippen LogP contribution in [0.4, 0.5) is 4.39 Å². The molecule has 0 saturated heterocycles. The highest BCUT2D eigenvalue weighted by Crippen LogP contribution is 2.25. The van der Waals surface area contributed by atoms with Crippen LogP contribution in [0.15, 0.2) is 36.1 Å². The summed E-state index contributed by atoms with van der Waals surface area (Å²) in [7, 11) is 0. The molecule has 0 aliphatic heterocycles. The molecule has 0 aromatic heterocycles. The number of aliphatic hydroxyl groups is 1. The van der Waals surface area contributed by atoms with Gasteiger partial charge in [-0.3, -0.25) is 0 Å². The van der Waals surface area contributed by atoms with Crippen LogP contribution in [-0.4, -0.2) is 11.7 Å². The summed E-state index contributed by atoms with van der Waals surface area (Å²) in [6, 6.07) is 6.13. The Kier molecular flexibility index (Phi) is 4.31. The zero-order valence-electron chi connectivity index (χ0n) is 8.78. The van der Waals surface area contributed by atoms with Gasteiger partial charge in [-0.15, -0.1) is 0 Å². The third kappa shape index (κ3) is 3.06. The first-order valence-corrected chi connectivity index (χ1v) is 4.99. The van der Waals surface area contributed by atoms with E-state index in [1.54, 1.807) is 25.1 Å². The summed E-state index contributed by atoms with van der Waals surface area (Å²) < 4.78 is 12.7. The fourth-order valence-corrected chi connectivity index (χ4v) is 1.55. The zero-order valence-corrected chi connectivity index (χ0v) is 8.78. The van der Waals surface area contributed by atoms with Gasteiger partial charge in [0.05, 0.1) is 5.76 Å². The van der Waals surface area contributed by atoms with E-state index in [0.717, 1.165) is 5.56 Å². The molecule has 2 nitrogen and oxygen atoms in total. The van der Waals surface area contributed by atoms with E-state index in [0.29, 0.717) is 13.0 Å². The van der Waals surface area contributed by atoms with Crippen LogP contribution in [0, 0.1) is 5.82 Å². The molecule has 0 aliphatic rings. The zero-order chi connectivity index (χ0) is 11.3. The van der Waals surface area contributed by atoms with E-state index < -0.39 is 0 Å². The van der Waals surface area contributed by atoms with E-state index in [1.165, 1.54) is 12.1 Å². The fourth-order valence-electron chi connectivity index (χ4n) is 1.55. The summed E-state index contributed by atoms with van der Waals surface area (Å²) in [4.78, 5) is 0. The molecular formula is C12H16FNO. The molecule has 3 N–H and O–H groups in total. The third-order valence-corrected chi connectivity index (χ3v) is 2.38. The topological polar surface area (TPSA) is 46.2 Å². The van der Waals surface area contributed by atoms with Gasteiger partial charge in [0.25, 0.3) is 0 Å². The Balaban J connectivity index is 2.93. The molecule has 0 bridgehead atoms. The van der Waals surface area contributed by atoms with Gasteiger partial charge >= 0.3 is 0 Å². The van der Waals surface area contributed by atoms with Gasteiger partial charge in [0, 0.05) is 5.92 Å². The van der Waals surface area contributed by atoms with E-state index in [2.05, 4.69) is 0 Å². The maximum atomic E-state index is 12.7. The molecule has 82 valence electrons. The highest BCUT2D eigenvalue weighted by Gasteiger charge is 2.14. The minimum absolute atomic E-state index is 0.124. The largest absolute Gasteiger partial charge is 0.512 e. The van der Waals surface area contributed by atoms with Crippen LogP contribution < -0.4 is 5.73 Å². The van der Waals surface area contributed by atoms with Crippen molar-refractivity contribution in [2.24, 2.45) is 5.73 Å². The molecule has 0 saturated carbocycles. The van der Waals surface area contributed by atoms with E-state index in [9.17, 15) is 9.50 Å². The highest BCUT2D eigenvalue weighted by atomic mass is 19.1. The molecular weight excluding hydrogens is 193 g/mol. The molecule has 0 amide bonds. The second kappa shape index (κ2) is 5.51. The summed E-state index contributed by atoms with van der Waals surface area (Å²) >= 11 is 0. The number of aliphatic hydroxyl groups excluding tert-OH is 1. The summed E-state index contributed by atoms with van der Waals surface area (Å²) in [5, 5.41) is 9.68. The average molecular weight is 209 g/mol. The summed E-state index contributed by atoms with van der Waals surface area (Å²) in [5.41, 5.74) is 6.36. The Bertz CT molecular complexity index is 332. The molecule has 1 rings (SSSR count). The Labute approximate surface area is 89.2 Å². The normalized spacial score (nSPS) is 13.9. The van der Waals surface area contributed by atoms with Gasteiger partial charge < -0.3 is 10.8 Å². The minimum atomic E-state index is -0.273. The van der Waals surface area contributed by atoms with Gasteiger partial charge in [0.1, 0.15) is 5.82 Å². The molecule has 1 atom stereocenters. The monoisotopic (exact) mass is 209 g/mol. The number of rotatable bonds is 4. The fraction of sp³-hybridized carbons (Fsp3) is 0.333. The minimum Gasteiger partial charge on any atom is -0.512 e. The molecule has 0 heterocycles. The molecule has 0 radical (unpaired) electrons. The van der Waals surface area contributed by atoms with Crippen molar-refractivity contribution in [1.82, 2.24) is 0 Å². The van der Waals surface area contributed by atoms with Crippen molar-refractivity contribution in [3.8, 4) is 0 Å². The number of benzene rings is 1. The van der Waals surface area contributed by atoms with Crippen LogP contribution in [0.25, 0.3) is 0 Å². The van der Waals surface area contributed by atoms with Crippen molar-refractivity contribution in [1.29, 1.82) is 0 Å². The first-order valence-electron chi connectivity index (χ1n) is 4.99. The summed E-state index contributed by atoms with van der Waals surface area (Å²) in [6.45, 7) is 2.25. The van der Waals surface area contributed by atoms with Crippen molar-refractivity contribution in [3.63, 3.8) is 0 Å².